The van der Waals surface area contributed by atoms with E-state index in [1.807, 2.05) is 42.5 Å². The molecule has 0 unspecified atom stereocenters. The Labute approximate surface area is 193 Å². The number of rotatable bonds is 5. The van der Waals surface area contributed by atoms with Gasteiger partial charge in [-0.1, -0.05) is 36.4 Å². The van der Waals surface area contributed by atoms with Crippen molar-refractivity contribution in [2.24, 2.45) is 5.92 Å². The van der Waals surface area contributed by atoms with E-state index in [0.717, 1.165) is 29.3 Å². The second kappa shape index (κ2) is 9.32. The summed E-state index contributed by atoms with van der Waals surface area (Å²) in [6.45, 7) is 4.27. The van der Waals surface area contributed by atoms with Gasteiger partial charge in [0.15, 0.2) is 11.5 Å². The number of aliphatic hydroxyl groups excluding tert-OH is 1. The van der Waals surface area contributed by atoms with Crippen molar-refractivity contribution in [3.8, 4) is 11.5 Å². The van der Waals surface area contributed by atoms with Crippen molar-refractivity contribution >= 4 is 11.4 Å². The highest BCUT2D eigenvalue weighted by atomic mass is 19.1. The van der Waals surface area contributed by atoms with Crippen LogP contribution >= 0.6 is 0 Å². The summed E-state index contributed by atoms with van der Waals surface area (Å²) in [6.07, 6.45) is 0.165. The number of piperidine rings is 1. The molecule has 0 aromatic heterocycles. The molecule has 2 heterocycles. The third-order valence-electron chi connectivity index (χ3n) is 6.59. The minimum atomic E-state index is -0.480. The molecule has 172 valence electrons. The first-order valence-electron chi connectivity index (χ1n) is 11.5. The Bertz CT molecular complexity index is 1110. The summed E-state index contributed by atoms with van der Waals surface area (Å²) in [7, 11) is 0. The normalized spacial score (nSPS) is 20.9. The molecule has 5 rings (SSSR count). The van der Waals surface area contributed by atoms with Crippen LogP contribution in [0.2, 0.25) is 0 Å². The third-order valence-corrected chi connectivity index (χ3v) is 6.59. The summed E-state index contributed by atoms with van der Waals surface area (Å²) in [6, 6.07) is 21.1. The van der Waals surface area contributed by atoms with Gasteiger partial charge in [0, 0.05) is 36.4 Å². The molecule has 5 nitrogen and oxygen atoms in total. The number of benzene rings is 3. The van der Waals surface area contributed by atoms with Gasteiger partial charge in [0.05, 0.1) is 12.1 Å². The van der Waals surface area contributed by atoms with Crippen LogP contribution in [0.15, 0.2) is 66.7 Å². The van der Waals surface area contributed by atoms with Crippen molar-refractivity contribution in [1.29, 1.82) is 0 Å². The van der Waals surface area contributed by atoms with E-state index < -0.39 is 6.10 Å². The Balaban J connectivity index is 1.44. The Morgan fingerprint density at radius 2 is 1.79 bits per heavy atom. The number of halogens is 1. The van der Waals surface area contributed by atoms with E-state index in [9.17, 15) is 9.50 Å². The third kappa shape index (κ3) is 4.62. The molecule has 1 fully saturated rings. The topological polar surface area (TPSA) is 54.0 Å². The number of aryl methyl sites for hydroxylation is 1. The molecule has 0 saturated carbocycles. The largest absolute Gasteiger partial charge is 0.486 e. The molecule has 3 atom stereocenters. The minimum absolute atomic E-state index is 0.0984. The van der Waals surface area contributed by atoms with Crippen LogP contribution in [0, 0.1) is 18.7 Å². The first-order chi connectivity index (χ1) is 16.1. The second-order valence-electron chi connectivity index (χ2n) is 8.79. The zero-order valence-electron chi connectivity index (χ0n) is 18.7. The molecular formula is C27H29FN2O3. The number of hydrogen-bond donors (Lipinski definition) is 2. The molecule has 2 N–H and O–H groups in total. The fourth-order valence-corrected chi connectivity index (χ4v) is 4.72. The van der Waals surface area contributed by atoms with Crippen LogP contribution in [-0.4, -0.2) is 37.5 Å². The number of nitrogens with zero attached hydrogens (tertiary/aromatic N) is 1. The smallest absolute Gasteiger partial charge is 0.163 e. The molecule has 3 aromatic carbocycles. The quantitative estimate of drug-likeness (QED) is 0.579. The molecule has 0 spiro atoms. The summed E-state index contributed by atoms with van der Waals surface area (Å²) in [4.78, 5) is 2.28. The van der Waals surface area contributed by atoms with Crippen LogP contribution in [0.4, 0.5) is 15.8 Å². The molecule has 6 heteroatoms. The number of aliphatic hydroxyl groups is 1. The molecule has 3 aromatic rings. The van der Waals surface area contributed by atoms with Crippen molar-refractivity contribution < 1.29 is 19.0 Å². The Morgan fingerprint density at radius 1 is 1.00 bits per heavy atom. The van der Waals surface area contributed by atoms with Gasteiger partial charge >= 0.3 is 0 Å². The van der Waals surface area contributed by atoms with Gasteiger partial charge in [-0.15, -0.1) is 0 Å². The number of fused-ring (bicyclic) bond motifs is 1. The molecule has 0 radical (unpaired) electrons. The lowest BCUT2D eigenvalue weighted by Gasteiger charge is -2.42. The maximum atomic E-state index is 14.3. The highest BCUT2D eigenvalue weighted by Crippen LogP contribution is 2.38. The van der Waals surface area contributed by atoms with Crippen LogP contribution in [0.3, 0.4) is 0 Å². The van der Waals surface area contributed by atoms with Gasteiger partial charge < -0.3 is 24.8 Å². The maximum Gasteiger partial charge on any atom is 0.163 e. The van der Waals surface area contributed by atoms with Crippen molar-refractivity contribution in [2.75, 3.05) is 36.5 Å². The lowest BCUT2D eigenvalue weighted by molar-refractivity contribution is 0.0775. The monoisotopic (exact) mass is 448 g/mol. The van der Waals surface area contributed by atoms with Crippen LogP contribution < -0.4 is 19.7 Å². The molecule has 2 aliphatic rings. The summed E-state index contributed by atoms with van der Waals surface area (Å²) < 4.78 is 25.7. The van der Waals surface area contributed by atoms with E-state index in [2.05, 4.69) is 22.3 Å². The number of hydrogen-bond acceptors (Lipinski definition) is 5. The van der Waals surface area contributed by atoms with Crippen LogP contribution in [-0.2, 0) is 0 Å². The zero-order valence-corrected chi connectivity index (χ0v) is 18.7. The predicted octanol–water partition coefficient (Wildman–Crippen LogP) is 4.95. The van der Waals surface area contributed by atoms with Crippen LogP contribution in [0.1, 0.15) is 23.6 Å². The fourth-order valence-electron chi connectivity index (χ4n) is 4.72. The van der Waals surface area contributed by atoms with E-state index >= 15 is 0 Å². The summed E-state index contributed by atoms with van der Waals surface area (Å²) in [5.41, 5.74) is 3.42. The van der Waals surface area contributed by atoms with E-state index in [1.54, 1.807) is 13.0 Å². The lowest BCUT2D eigenvalue weighted by Crippen LogP contribution is -2.47. The summed E-state index contributed by atoms with van der Waals surface area (Å²) in [5, 5.41) is 14.6. The molecule has 33 heavy (non-hydrogen) atoms. The zero-order chi connectivity index (χ0) is 22.8. The van der Waals surface area contributed by atoms with Gasteiger partial charge in [-0.25, -0.2) is 4.39 Å². The van der Waals surface area contributed by atoms with Gasteiger partial charge in [0.2, 0.25) is 0 Å². The number of nitrogens with one attached hydrogen (secondary N) is 1. The molecule has 0 aliphatic carbocycles. The van der Waals surface area contributed by atoms with E-state index in [-0.39, 0.29) is 17.8 Å². The first-order valence-corrected chi connectivity index (χ1v) is 11.5. The summed E-state index contributed by atoms with van der Waals surface area (Å²) in [5.74, 6) is 1.19. The highest BCUT2D eigenvalue weighted by molar-refractivity contribution is 5.57. The van der Waals surface area contributed by atoms with E-state index in [0.29, 0.717) is 37.4 Å². The maximum absolute atomic E-state index is 14.3. The molecule has 2 aliphatic heterocycles. The summed E-state index contributed by atoms with van der Waals surface area (Å²) >= 11 is 0. The van der Waals surface area contributed by atoms with Crippen molar-refractivity contribution in [1.82, 2.24) is 0 Å². The molecule has 0 amide bonds. The van der Waals surface area contributed by atoms with Gasteiger partial charge in [-0.3, -0.25) is 0 Å². The Hall–Kier alpha value is -3.25. The van der Waals surface area contributed by atoms with Crippen LogP contribution in [0.25, 0.3) is 0 Å². The fraction of sp³-hybridized carbons (Fsp3) is 0.333. The molecule has 0 bridgehead atoms. The molecule has 1 saturated heterocycles. The first kappa shape index (κ1) is 21.6. The number of ether oxygens (including phenoxy) is 2. The Kier molecular flexibility index (Phi) is 6.09. The average molecular weight is 449 g/mol. The van der Waals surface area contributed by atoms with Crippen LogP contribution in [0.5, 0.6) is 11.5 Å². The number of anilines is 2. The Morgan fingerprint density at radius 3 is 2.58 bits per heavy atom. The second-order valence-corrected chi connectivity index (χ2v) is 8.79. The SMILES string of the molecule is Cc1ccc(N[C@H](c2ccccc2)[C@@H]2CN(c3ccc4c(c3)OCCO4)CC[C@H]2O)cc1F. The highest BCUT2D eigenvalue weighted by Gasteiger charge is 2.35. The standard InChI is InChI=1S/C27H29FN2O3/c1-18-7-8-20(15-23(18)28)29-27(19-5-3-2-4-6-19)22-17-30(12-11-24(22)31)21-9-10-25-26(16-21)33-14-13-32-25/h2-10,15-16,22,24,27,29,31H,11-14,17H2,1H3/t22-,24-,27-/m1/s1. The van der Waals surface area contributed by atoms with Crippen molar-refractivity contribution in [3.63, 3.8) is 0 Å². The van der Waals surface area contributed by atoms with Gasteiger partial charge in [0.25, 0.3) is 0 Å². The van der Waals surface area contributed by atoms with Crippen molar-refractivity contribution in [3.05, 3.63) is 83.7 Å². The van der Waals surface area contributed by atoms with E-state index in [4.69, 9.17) is 9.47 Å². The van der Waals surface area contributed by atoms with Gasteiger partial charge in [-0.2, -0.15) is 0 Å². The van der Waals surface area contributed by atoms with Crippen molar-refractivity contribution in [2.45, 2.75) is 25.5 Å². The lowest BCUT2D eigenvalue weighted by atomic mass is 9.83. The van der Waals surface area contributed by atoms with Gasteiger partial charge in [0.1, 0.15) is 19.0 Å². The van der Waals surface area contributed by atoms with Gasteiger partial charge in [-0.05, 0) is 48.7 Å². The van der Waals surface area contributed by atoms with E-state index in [1.165, 1.54) is 6.07 Å². The predicted molar refractivity (Wildman–Crippen MR) is 128 cm³/mol. The molecular weight excluding hydrogens is 419 g/mol. The minimum Gasteiger partial charge on any atom is -0.486 e. The average Bonchev–Trinajstić information content (AvgIpc) is 2.85.